The molecule has 1 aromatic heterocycles. The van der Waals surface area contributed by atoms with Gasteiger partial charge in [0.05, 0.1) is 0 Å². The van der Waals surface area contributed by atoms with Crippen LogP contribution in [0.2, 0.25) is 0 Å². The molecule has 3 rings (SSSR count). The second-order valence-corrected chi connectivity index (χ2v) is 5.98. The van der Waals surface area contributed by atoms with E-state index in [1.54, 1.807) is 0 Å². The molecule has 1 aromatic rings. The van der Waals surface area contributed by atoms with Crippen molar-refractivity contribution in [2.45, 2.75) is 57.4 Å². The lowest BCUT2D eigenvalue weighted by atomic mass is 9.96. The van der Waals surface area contributed by atoms with Crippen molar-refractivity contribution in [3.05, 3.63) is 23.8 Å². The molecule has 3 nitrogen and oxygen atoms in total. The lowest BCUT2D eigenvalue weighted by molar-refractivity contribution is 0.504. The molecule has 0 aromatic carbocycles. The third-order valence-corrected chi connectivity index (χ3v) is 4.29. The summed E-state index contributed by atoms with van der Waals surface area (Å²) >= 11 is 0. The molecule has 1 atom stereocenters. The van der Waals surface area contributed by atoms with Gasteiger partial charge < -0.3 is 5.73 Å². The molecule has 0 radical (unpaired) electrons. The molecule has 2 aliphatic carbocycles. The summed E-state index contributed by atoms with van der Waals surface area (Å²) in [5, 5.41) is 0. The number of aromatic nitrogens is 2. The van der Waals surface area contributed by atoms with E-state index in [9.17, 15) is 0 Å². The summed E-state index contributed by atoms with van der Waals surface area (Å²) < 4.78 is 0. The van der Waals surface area contributed by atoms with Gasteiger partial charge in [-0.25, -0.2) is 9.97 Å². The average Bonchev–Trinajstić information content (AvgIpc) is 3.24. The first-order valence-corrected chi connectivity index (χ1v) is 7.35. The predicted molar refractivity (Wildman–Crippen MR) is 72.2 cm³/mol. The van der Waals surface area contributed by atoms with Crippen LogP contribution in [0.3, 0.4) is 0 Å². The van der Waals surface area contributed by atoms with E-state index in [0.717, 1.165) is 36.2 Å². The standard InChI is InChI=1S/C15H23N3/c1-2-12(16)9-13-7-8-17-15(18-13)14(10-3-4-10)11-5-6-11/h7-8,10-12,14H,2-6,9,16H2,1H3. The van der Waals surface area contributed by atoms with Gasteiger partial charge in [-0.3, -0.25) is 0 Å². The molecular formula is C15H23N3. The maximum atomic E-state index is 6.02. The van der Waals surface area contributed by atoms with Crippen molar-refractivity contribution in [3.8, 4) is 0 Å². The van der Waals surface area contributed by atoms with Crippen LogP contribution in [0.15, 0.2) is 12.3 Å². The van der Waals surface area contributed by atoms with Crippen LogP contribution in [0.1, 0.15) is 56.5 Å². The minimum Gasteiger partial charge on any atom is -0.327 e. The summed E-state index contributed by atoms with van der Waals surface area (Å²) in [7, 11) is 0. The Morgan fingerprint density at radius 3 is 2.50 bits per heavy atom. The summed E-state index contributed by atoms with van der Waals surface area (Å²) in [6, 6.07) is 2.25. The Kier molecular flexibility index (Phi) is 3.33. The number of rotatable bonds is 6. The van der Waals surface area contributed by atoms with Gasteiger partial charge in [-0.05, 0) is 50.0 Å². The molecule has 2 saturated carbocycles. The quantitative estimate of drug-likeness (QED) is 0.838. The maximum Gasteiger partial charge on any atom is 0.132 e. The predicted octanol–water partition coefficient (Wildman–Crippen LogP) is 2.66. The van der Waals surface area contributed by atoms with E-state index in [-0.39, 0.29) is 6.04 Å². The van der Waals surface area contributed by atoms with Gasteiger partial charge in [-0.1, -0.05) is 6.92 Å². The topological polar surface area (TPSA) is 51.8 Å². The summed E-state index contributed by atoms with van der Waals surface area (Å²) in [5.41, 5.74) is 7.14. The summed E-state index contributed by atoms with van der Waals surface area (Å²) in [6.45, 7) is 2.13. The molecule has 3 heteroatoms. The van der Waals surface area contributed by atoms with E-state index < -0.39 is 0 Å². The molecule has 0 amide bonds. The molecule has 0 saturated heterocycles. The van der Waals surface area contributed by atoms with E-state index in [4.69, 9.17) is 10.7 Å². The Hall–Kier alpha value is -0.960. The van der Waals surface area contributed by atoms with Crippen LogP contribution >= 0.6 is 0 Å². The van der Waals surface area contributed by atoms with Crippen LogP contribution in [0.4, 0.5) is 0 Å². The second kappa shape index (κ2) is 4.96. The average molecular weight is 245 g/mol. The van der Waals surface area contributed by atoms with Gasteiger partial charge in [0.2, 0.25) is 0 Å². The lowest BCUT2D eigenvalue weighted by Gasteiger charge is -2.15. The SMILES string of the molecule is CCC(N)Cc1ccnc(C(C2CC2)C2CC2)n1. The highest BCUT2D eigenvalue weighted by Gasteiger charge is 2.43. The monoisotopic (exact) mass is 245 g/mol. The van der Waals surface area contributed by atoms with Crippen molar-refractivity contribution in [1.82, 2.24) is 9.97 Å². The smallest absolute Gasteiger partial charge is 0.132 e. The fourth-order valence-corrected chi connectivity index (χ4v) is 2.82. The molecule has 2 aliphatic rings. The first kappa shape index (κ1) is 12.1. The van der Waals surface area contributed by atoms with Crippen molar-refractivity contribution in [2.24, 2.45) is 17.6 Å². The van der Waals surface area contributed by atoms with Gasteiger partial charge in [0.1, 0.15) is 5.82 Å². The third kappa shape index (κ3) is 2.72. The van der Waals surface area contributed by atoms with Crippen molar-refractivity contribution in [3.63, 3.8) is 0 Å². The van der Waals surface area contributed by atoms with Crippen LogP contribution in [0, 0.1) is 11.8 Å². The van der Waals surface area contributed by atoms with E-state index in [1.165, 1.54) is 25.7 Å². The van der Waals surface area contributed by atoms with E-state index >= 15 is 0 Å². The molecule has 18 heavy (non-hydrogen) atoms. The van der Waals surface area contributed by atoms with E-state index in [0.29, 0.717) is 5.92 Å². The summed E-state index contributed by atoms with van der Waals surface area (Å²) in [6.07, 6.45) is 9.33. The number of nitrogens with two attached hydrogens (primary N) is 1. The normalized spacial score (nSPS) is 21.3. The zero-order valence-corrected chi connectivity index (χ0v) is 11.2. The lowest BCUT2D eigenvalue weighted by Crippen LogP contribution is -2.22. The van der Waals surface area contributed by atoms with Gasteiger partial charge in [0.25, 0.3) is 0 Å². The highest BCUT2D eigenvalue weighted by Crippen LogP contribution is 2.53. The van der Waals surface area contributed by atoms with Gasteiger partial charge in [-0.2, -0.15) is 0 Å². The Bertz CT molecular complexity index is 398. The van der Waals surface area contributed by atoms with E-state index in [1.807, 2.05) is 12.3 Å². The summed E-state index contributed by atoms with van der Waals surface area (Å²) in [4.78, 5) is 9.34. The van der Waals surface area contributed by atoms with Crippen LogP contribution in [0.5, 0.6) is 0 Å². The first-order valence-electron chi connectivity index (χ1n) is 7.35. The molecule has 2 fully saturated rings. The summed E-state index contributed by atoms with van der Waals surface area (Å²) in [5.74, 6) is 3.48. The van der Waals surface area contributed by atoms with Crippen molar-refractivity contribution in [1.29, 1.82) is 0 Å². The first-order chi connectivity index (χ1) is 8.78. The van der Waals surface area contributed by atoms with E-state index in [2.05, 4.69) is 11.9 Å². The number of hydrogen-bond donors (Lipinski definition) is 1. The minimum atomic E-state index is 0.230. The molecular weight excluding hydrogens is 222 g/mol. The van der Waals surface area contributed by atoms with Crippen molar-refractivity contribution < 1.29 is 0 Å². The van der Waals surface area contributed by atoms with Crippen molar-refractivity contribution >= 4 is 0 Å². The number of nitrogens with zero attached hydrogens (tertiary/aromatic N) is 2. The zero-order chi connectivity index (χ0) is 12.5. The molecule has 1 unspecified atom stereocenters. The second-order valence-electron chi connectivity index (χ2n) is 5.98. The Morgan fingerprint density at radius 2 is 1.94 bits per heavy atom. The largest absolute Gasteiger partial charge is 0.327 e. The van der Waals surface area contributed by atoms with Gasteiger partial charge in [0, 0.05) is 30.3 Å². The molecule has 0 spiro atoms. The third-order valence-electron chi connectivity index (χ3n) is 4.29. The van der Waals surface area contributed by atoms with Crippen LogP contribution in [0.25, 0.3) is 0 Å². The molecule has 0 bridgehead atoms. The molecule has 0 aliphatic heterocycles. The highest BCUT2D eigenvalue weighted by atomic mass is 14.9. The zero-order valence-electron chi connectivity index (χ0n) is 11.2. The Labute approximate surface area is 109 Å². The fourth-order valence-electron chi connectivity index (χ4n) is 2.82. The van der Waals surface area contributed by atoms with Gasteiger partial charge in [0.15, 0.2) is 0 Å². The van der Waals surface area contributed by atoms with Crippen LogP contribution in [-0.2, 0) is 6.42 Å². The fraction of sp³-hybridized carbons (Fsp3) is 0.733. The molecule has 98 valence electrons. The molecule has 2 N–H and O–H groups in total. The minimum absolute atomic E-state index is 0.230. The van der Waals surface area contributed by atoms with Crippen LogP contribution < -0.4 is 5.73 Å². The Balaban J connectivity index is 1.76. The maximum absolute atomic E-state index is 6.02. The van der Waals surface area contributed by atoms with Crippen LogP contribution in [-0.4, -0.2) is 16.0 Å². The van der Waals surface area contributed by atoms with Gasteiger partial charge >= 0.3 is 0 Å². The highest BCUT2D eigenvalue weighted by molar-refractivity contribution is 5.13. The molecule has 1 heterocycles. The van der Waals surface area contributed by atoms with Gasteiger partial charge in [-0.15, -0.1) is 0 Å². The number of hydrogen-bond acceptors (Lipinski definition) is 3. The van der Waals surface area contributed by atoms with Crippen molar-refractivity contribution in [2.75, 3.05) is 0 Å². The Morgan fingerprint density at radius 1 is 1.28 bits per heavy atom.